The van der Waals surface area contributed by atoms with Crippen LogP contribution in [0.5, 0.6) is 0 Å². The second-order valence-electron chi connectivity index (χ2n) is 8.25. The molecule has 2 aliphatic heterocycles. The molecule has 2 aromatic rings. The summed E-state index contributed by atoms with van der Waals surface area (Å²) in [7, 11) is -11.0. The minimum atomic E-state index is -5.56. The number of aliphatic hydroxyl groups excluding tert-OH is 4. The Labute approximate surface area is 210 Å². The molecule has 2 fully saturated rings. The summed E-state index contributed by atoms with van der Waals surface area (Å²) in [5.74, 6) is -1.62. The Bertz CT molecular complexity index is 1370. The summed E-state index contributed by atoms with van der Waals surface area (Å²) in [4.78, 5) is 53.5. The van der Waals surface area contributed by atoms with Crippen LogP contribution in [0.1, 0.15) is 13.2 Å². The van der Waals surface area contributed by atoms with Crippen molar-refractivity contribution in [1.82, 2.24) is 19.5 Å². The molecule has 0 saturated carbocycles. The fraction of sp³-hybridized carbons (Fsp3) is 0.625. The van der Waals surface area contributed by atoms with E-state index in [1.165, 1.54) is 6.92 Å². The summed E-state index contributed by atoms with van der Waals surface area (Å²) in [5.41, 5.74) is 4.56. The quantitative estimate of drug-likeness (QED) is 0.140. The molecule has 38 heavy (non-hydrogen) atoms. The molecule has 22 heteroatoms. The van der Waals surface area contributed by atoms with Crippen molar-refractivity contribution in [3.8, 4) is 0 Å². The number of imidazole rings is 1. The number of ketones is 1. The van der Waals surface area contributed by atoms with Crippen molar-refractivity contribution >= 4 is 38.5 Å². The summed E-state index contributed by atoms with van der Waals surface area (Å²) >= 11 is 0. The molecule has 2 saturated heterocycles. The number of nitrogen functional groups attached to an aromatic ring is 1. The van der Waals surface area contributed by atoms with Crippen LogP contribution in [0.2, 0.25) is 0 Å². The summed E-state index contributed by atoms with van der Waals surface area (Å²) in [6, 6.07) is 0. The number of nitrogens with two attached hydrogens (primary N) is 1. The van der Waals surface area contributed by atoms with Gasteiger partial charge in [0.2, 0.25) is 18.0 Å². The second-order valence-corrected chi connectivity index (χ2v) is 11.2. The molecule has 0 spiro atoms. The Kier molecular flexibility index (Phi) is 7.92. The van der Waals surface area contributed by atoms with E-state index in [1.807, 2.05) is 0 Å². The molecule has 20 nitrogen and oxygen atoms in total. The van der Waals surface area contributed by atoms with E-state index in [2.05, 4.69) is 28.3 Å². The molecule has 2 aromatic heterocycles. The van der Waals surface area contributed by atoms with E-state index in [4.69, 9.17) is 15.2 Å². The van der Waals surface area contributed by atoms with Crippen LogP contribution >= 0.6 is 15.6 Å². The first-order chi connectivity index (χ1) is 17.6. The third-order valence-electron chi connectivity index (χ3n) is 5.57. The molecule has 3 unspecified atom stereocenters. The topological polar surface area (TPSA) is 308 Å². The largest absolute Gasteiger partial charge is 0.483 e. The van der Waals surface area contributed by atoms with Gasteiger partial charge in [0.25, 0.3) is 5.56 Å². The molecule has 10 atom stereocenters. The van der Waals surface area contributed by atoms with Crippen LogP contribution in [0.25, 0.3) is 11.2 Å². The number of phosphoric ester groups is 2. The van der Waals surface area contributed by atoms with Crippen molar-refractivity contribution in [2.45, 2.75) is 56.1 Å². The average Bonchev–Trinajstić information content (AvgIpc) is 3.35. The van der Waals surface area contributed by atoms with E-state index >= 15 is 0 Å². The van der Waals surface area contributed by atoms with Gasteiger partial charge in [0.05, 0.1) is 19.0 Å². The Morgan fingerprint density at radius 1 is 1.11 bits per heavy atom. The average molecular weight is 587 g/mol. The van der Waals surface area contributed by atoms with Gasteiger partial charge in [-0.25, -0.2) is 18.6 Å². The summed E-state index contributed by atoms with van der Waals surface area (Å²) < 4.78 is 48.9. The van der Waals surface area contributed by atoms with Crippen LogP contribution in [0.4, 0.5) is 5.95 Å². The highest BCUT2D eigenvalue weighted by molar-refractivity contribution is 7.61. The van der Waals surface area contributed by atoms with E-state index in [0.717, 1.165) is 10.9 Å². The molecule has 212 valence electrons. The third-order valence-corrected chi connectivity index (χ3v) is 8.15. The monoisotopic (exact) mass is 587 g/mol. The molecule has 2 aliphatic rings. The van der Waals surface area contributed by atoms with Crippen LogP contribution < -0.4 is 11.3 Å². The number of nitrogens with zero attached hydrogens (tertiary/aromatic N) is 3. The number of aromatic amines is 1. The van der Waals surface area contributed by atoms with Crippen molar-refractivity contribution in [3.63, 3.8) is 0 Å². The number of H-pyrrole nitrogens is 1. The first kappa shape index (κ1) is 28.8. The number of Topliss-reactive ketones (excluding diaryl/α,β-unsaturated/α-hetero) is 1. The van der Waals surface area contributed by atoms with Crippen molar-refractivity contribution in [3.05, 3.63) is 16.7 Å². The highest BCUT2D eigenvalue weighted by Gasteiger charge is 2.49. The van der Waals surface area contributed by atoms with Gasteiger partial charge in [-0.2, -0.15) is 9.29 Å². The molecular weight excluding hydrogens is 564 g/mol. The zero-order valence-corrected chi connectivity index (χ0v) is 20.9. The van der Waals surface area contributed by atoms with Gasteiger partial charge in [0.1, 0.15) is 30.5 Å². The fourth-order valence-electron chi connectivity index (χ4n) is 3.67. The number of ether oxygens (including phenoxy) is 2. The molecule has 0 bridgehead atoms. The molecular formula is C16H23N5O15P2. The number of fused-ring (bicyclic) bond motifs is 1. The van der Waals surface area contributed by atoms with Crippen molar-refractivity contribution in [2.75, 3.05) is 12.3 Å². The maximum atomic E-state index is 12.2. The van der Waals surface area contributed by atoms with E-state index < -0.39 is 82.7 Å². The van der Waals surface area contributed by atoms with Crippen LogP contribution in [-0.4, -0.2) is 105 Å². The van der Waals surface area contributed by atoms with Gasteiger partial charge in [-0.05, 0) is 6.92 Å². The van der Waals surface area contributed by atoms with Gasteiger partial charge >= 0.3 is 15.6 Å². The van der Waals surface area contributed by atoms with Gasteiger partial charge < -0.3 is 45.4 Å². The number of hydrogen-bond donors (Lipinski definition) is 8. The Balaban J connectivity index is 1.40. The molecule has 9 N–H and O–H groups in total. The van der Waals surface area contributed by atoms with Crippen LogP contribution in [-0.2, 0) is 36.8 Å². The first-order valence-electron chi connectivity index (χ1n) is 10.6. The van der Waals surface area contributed by atoms with Crippen molar-refractivity contribution in [1.29, 1.82) is 0 Å². The number of nitrogens with one attached hydrogen (secondary N) is 1. The van der Waals surface area contributed by atoms with Crippen LogP contribution in [0.15, 0.2) is 11.1 Å². The number of hydrogen-bond acceptors (Lipinski definition) is 16. The number of carbonyl (C=O) groups excluding carboxylic acids is 1. The zero-order valence-electron chi connectivity index (χ0n) is 19.1. The number of rotatable bonds is 8. The maximum Gasteiger partial charge on any atom is 0.483 e. The lowest BCUT2D eigenvalue weighted by atomic mass is 10.0. The molecule has 4 rings (SSSR count). The number of carbonyl (C=O) groups is 1. The van der Waals surface area contributed by atoms with E-state index in [9.17, 15) is 48.9 Å². The lowest BCUT2D eigenvalue weighted by molar-refractivity contribution is -0.213. The second kappa shape index (κ2) is 10.4. The highest BCUT2D eigenvalue weighted by atomic mass is 31.3. The minimum absolute atomic E-state index is 0.106. The molecule has 0 aliphatic carbocycles. The summed E-state index contributed by atoms with van der Waals surface area (Å²) in [6.45, 7) is 0.232. The van der Waals surface area contributed by atoms with Crippen LogP contribution in [0.3, 0.4) is 0 Å². The summed E-state index contributed by atoms with van der Waals surface area (Å²) in [6.07, 6.45) is -12.4. The maximum absolute atomic E-state index is 12.2. The Hall–Kier alpha value is -2.16. The van der Waals surface area contributed by atoms with E-state index in [0.29, 0.717) is 0 Å². The lowest BCUT2D eigenvalue weighted by Crippen LogP contribution is -2.54. The molecule has 4 heterocycles. The van der Waals surface area contributed by atoms with Gasteiger partial charge in [-0.1, -0.05) is 0 Å². The smallest absolute Gasteiger partial charge is 0.387 e. The number of aromatic nitrogens is 4. The SMILES string of the molecule is C[C@H]1O[C@H](OP(=O)(O)OP(=O)(O)OC[C@H]2O[C@@H](n3cnc4c(=O)[nH]c(N)nc43)[C@H](O)[C@@H]2O)C(=O)[C@@H](O)C1O. The van der Waals surface area contributed by atoms with Crippen molar-refractivity contribution < 1.29 is 67.0 Å². The van der Waals surface area contributed by atoms with Gasteiger partial charge in [-0.15, -0.1) is 0 Å². The predicted molar refractivity (Wildman–Crippen MR) is 118 cm³/mol. The fourth-order valence-corrected chi connectivity index (χ4v) is 5.79. The predicted octanol–water partition coefficient (Wildman–Crippen LogP) is -3.39. The first-order valence-corrected chi connectivity index (χ1v) is 13.6. The molecule has 0 amide bonds. The standard InChI is InChI=1S/C16H23N5O15P2/c1-4-7(22)9(24)11(26)15(33-4)35-38(30,31)36-37(28,29)32-2-5-8(23)10(25)14(34-5)21-3-18-6-12(21)19-16(17)20-13(6)27/h3-5,7-10,14-15,22-25H,2H2,1H3,(H,28,29)(H,30,31)(H3,17,19,20,27)/t4-,5-,7?,8-,9+,10-,14-,15-/m1/s1. The van der Waals surface area contributed by atoms with Crippen LogP contribution in [0, 0.1) is 0 Å². The zero-order chi connectivity index (χ0) is 28.2. The number of aliphatic hydroxyl groups is 4. The molecule has 0 radical (unpaired) electrons. The summed E-state index contributed by atoms with van der Waals surface area (Å²) in [5, 5.41) is 40.0. The lowest BCUT2D eigenvalue weighted by Gasteiger charge is -2.34. The number of anilines is 1. The van der Waals surface area contributed by atoms with Gasteiger partial charge in [0.15, 0.2) is 17.4 Å². The number of phosphoric acid groups is 2. The molecule has 0 aromatic carbocycles. The van der Waals surface area contributed by atoms with E-state index in [-0.39, 0.29) is 17.1 Å². The van der Waals surface area contributed by atoms with Gasteiger partial charge in [0, 0.05) is 0 Å². The Morgan fingerprint density at radius 2 is 1.79 bits per heavy atom. The normalized spacial score (nSPS) is 35.3. The van der Waals surface area contributed by atoms with E-state index in [1.54, 1.807) is 0 Å². The highest BCUT2D eigenvalue weighted by Crippen LogP contribution is 2.61. The minimum Gasteiger partial charge on any atom is -0.387 e. The Morgan fingerprint density at radius 3 is 2.47 bits per heavy atom. The van der Waals surface area contributed by atoms with Crippen molar-refractivity contribution in [2.24, 2.45) is 0 Å². The van der Waals surface area contributed by atoms with Gasteiger partial charge in [-0.3, -0.25) is 23.7 Å². The third kappa shape index (κ3) is 5.73.